The summed E-state index contributed by atoms with van der Waals surface area (Å²) in [7, 11) is 0. The Morgan fingerprint density at radius 2 is 2.00 bits per heavy atom. The molecule has 0 radical (unpaired) electrons. The van der Waals surface area contributed by atoms with E-state index in [0.717, 1.165) is 28.1 Å². The highest BCUT2D eigenvalue weighted by Gasteiger charge is 2.20. The molecule has 4 heteroatoms. The first-order valence-electron chi connectivity index (χ1n) is 7.07. The Hall–Kier alpha value is -1.03. The van der Waals surface area contributed by atoms with Gasteiger partial charge in [-0.05, 0) is 71.1 Å². The van der Waals surface area contributed by atoms with Crippen molar-refractivity contribution in [3.05, 3.63) is 57.0 Å². The molecule has 0 heterocycles. The van der Waals surface area contributed by atoms with Gasteiger partial charge in [0.15, 0.2) is 0 Å². The third-order valence-corrected chi connectivity index (χ3v) is 4.39. The smallest absolute Gasteiger partial charge is 0.141 e. The van der Waals surface area contributed by atoms with E-state index in [9.17, 15) is 0 Å². The van der Waals surface area contributed by atoms with Crippen molar-refractivity contribution in [2.75, 3.05) is 0 Å². The lowest BCUT2D eigenvalue weighted by Gasteiger charge is -2.12. The van der Waals surface area contributed by atoms with Gasteiger partial charge in [0, 0.05) is 17.6 Å². The van der Waals surface area contributed by atoms with Gasteiger partial charge in [0.25, 0.3) is 0 Å². The van der Waals surface area contributed by atoms with Gasteiger partial charge < -0.3 is 10.1 Å². The fourth-order valence-corrected chi connectivity index (χ4v) is 2.76. The largest absolute Gasteiger partial charge is 0.456 e. The van der Waals surface area contributed by atoms with Crippen LogP contribution in [0.25, 0.3) is 0 Å². The van der Waals surface area contributed by atoms with E-state index in [1.54, 1.807) is 0 Å². The quantitative estimate of drug-likeness (QED) is 0.759. The number of benzene rings is 2. The third-order valence-electron chi connectivity index (χ3n) is 3.54. The Balaban J connectivity index is 1.74. The van der Waals surface area contributed by atoms with Crippen LogP contribution in [0.15, 0.2) is 40.9 Å². The van der Waals surface area contributed by atoms with Gasteiger partial charge in [-0.25, -0.2) is 0 Å². The first-order valence-corrected chi connectivity index (χ1v) is 8.25. The molecule has 0 aliphatic heterocycles. The van der Waals surface area contributed by atoms with E-state index in [-0.39, 0.29) is 0 Å². The molecule has 0 saturated heterocycles. The summed E-state index contributed by atoms with van der Waals surface area (Å²) in [6.07, 6.45) is 2.60. The molecule has 1 saturated carbocycles. The molecule has 2 aromatic carbocycles. The minimum Gasteiger partial charge on any atom is -0.456 e. The van der Waals surface area contributed by atoms with Crippen molar-refractivity contribution in [1.82, 2.24) is 5.32 Å². The lowest BCUT2D eigenvalue weighted by molar-refractivity contribution is 0.475. The third kappa shape index (κ3) is 4.00. The van der Waals surface area contributed by atoms with Crippen LogP contribution in [-0.4, -0.2) is 6.04 Å². The van der Waals surface area contributed by atoms with Gasteiger partial charge in [0.1, 0.15) is 11.5 Å². The monoisotopic (exact) mass is 365 g/mol. The minimum atomic E-state index is 0.678. The van der Waals surface area contributed by atoms with Crippen molar-refractivity contribution in [3.63, 3.8) is 0 Å². The van der Waals surface area contributed by atoms with Crippen molar-refractivity contribution in [2.24, 2.45) is 0 Å². The second-order valence-electron chi connectivity index (χ2n) is 5.43. The summed E-state index contributed by atoms with van der Waals surface area (Å²) < 4.78 is 6.92. The molecule has 0 atom stereocenters. The van der Waals surface area contributed by atoms with Crippen LogP contribution in [0.3, 0.4) is 0 Å². The van der Waals surface area contributed by atoms with Gasteiger partial charge in [0.2, 0.25) is 0 Å². The van der Waals surface area contributed by atoms with Gasteiger partial charge in [-0.3, -0.25) is 0 Å². The fraction of sp³-hybridized carbons (Fsp3) is 0.294. The predicted molar refractivity (Wildman–Crippen MR) is 90.3 cm³/mol. The Labute approximate surface area is 138 Å². The first kappa shape index (κ1) is 14.9. The maximum Gasteiger partial charge on any atom is 0.141 e. The summed E-state index contributed by atoms with van der Waals surface area (Å²) in [5.41, 5.74) is 2.31. The molecule has 1 aliphatic carbocycles. The van der Waals surface area contributed by atoms with E-state index in [0.29, 0.717) is 11.1 Å². The van der Waals surface area contributed by atoms with Crippen molar-refractivity contribution in [1.29, 1.82) is 0 Å². The van der Waals surface area contributed by atoms with Crippen LogP contribution in [0.4, 0.5) is 0 Å². The summed E-state index contributed by atoms with van der Waals surface area (Å²) >= 11 is 9.61. The maximum atomic E-state index is 6.02. The van der Waals surface area contributed by atoms with Crippen LogP contribution in [0.2, 0.25) is 5.02 Å². The molecule has 3 rings (SSSR count). The van der Waals surface area contributed by atoms with Crippen molar-refractivity contribution < 1.29 is 4.74 Å². The number of halogens is 2. The van der Waals surface area contributed by atoms with Crippen LogP contribution in [0, 0.1) is 6.92 Å². The second-order valence-corrected chi connectivity index (χ2v) is 6.72. The molecule has 0 unspecified atom stereocenters. The number of aryl methyl sites for hydroxylation is 1. The molecule has 1 fully saturated rings. The predicted octanol–water partition coefficient (Wildman–Crippen LogP) is 5.46. The lowest BCUT2D eigenvalue weighted by atomic mass is 10.2. The molecule has 1 N–H and O–H groups in total. The highest BCUT2D eigenvalue weighted by atomic mass is 79.9. The Kier molecular flexibility index (Phi) is 4.53. The van der Waals surface area contributed by atoms with Crippen molar-refractivity contribution in [2.45, 2.75) is 32.4 Å². The summed E-state index contributed by atoms with van der Waals surface area (Å²) in [5.74, 6) is 1.59. The summed E-state index contributed by atoms with van der Waals surface area (Å²) in [6, 6.07) is 12.6. The van der Waals surface area contributed by atoms with E-state index in [1.165, 1.54) is 18.4 Å². The van der Waals surface area contributed by atoms with Crippen molar-refractivity contribution in [3.8, 4) is 11.5 Å². The average Bonchev–Trinajstić information content (AvgIpc) is 3.27. The van der Waals surface area contributed by atoms with Gasteiger partial charge in [0.05, 0.1) is 4.47 Å². The zero-order valence-electron chi connectivity index (χ0n) is 11.8. The van der Waals surface area contributed by atoms with E-state index in [4.69, 9.17) is 16.3 Å². The molecular formula is C17H17BrClNO. The Morgan fingerprint density at radius 1 is 1.19 bits per heavy atom. The molecule has 0 spiro atoms. The summed E-state index contributed by atoms with van der Waals surface area (Å²) in [4.78, 5) is 0. The van der Waals surface area contributed by atoms with Gasteiger partial charge in [-0.2, -0.15) is 0 Å². The summed E-state index contributed by atoms with van der Waals surface area (Å²) in [5, 5.41) is 4.18. The van der Waals surface area contributed by atoms with Gasteiger partial charge >= 0.3 is 0 Å². The van der Waals surface area contributed by atoms with E-state index >= 15 is 0 Å². The first-order chi connectivity index (χ1) is 10.1. The van der Waals surface area contributed by atoms with Crippen LogP contribution >= 0.6 is 27.5 Å². The zero-order valence-corrected chi connectivity index (χ0v) is 14.2. The fourth-order valence-electron chi connectivity index (χ4n) is 2.09. The van der Waals surface area contributed by atoms with E-state index < -0.39 is 0 Å². The SMILES string of the molecule is Cc1ccc(Cl)cc1Oc1ccc(CNC2CC2)cc1Br. The Bertz CT molecular complexity index is 655. The maximum absolute atomic E-state index is 6.02. The van der Waals surface area contributed by atoms with Gasteiger partial charge in [-0.15, -0.1) is 0 Å². The number of hydrogen-bond donors (Lipinski definition) is 1. The number of ether oxygens (including phenoxy) is 1. The van der Waals surface area contributed by atoms with Crippen molar-refractivity contribution >= 4 is 27.5 Å². The number of hydrogen-bond acceptors (Lipinski definition) is 2. The van der Waals surface area contributed by atoms with E-state index in [2.05, 4.69) is 33.4 Å². The molecule has 110 valence electrons. The molecule has 0 bridgehead atoms. The molecule has 2 aromatic rings. The highest BCUT2D eigenvalue weighted by molar-refractivity contribution is 9.10. The summed E-state index contributed by atoms with van der Waals surface area (Å²) in [6.45, 7) is 2.91. The van der Waals surface area contributed by atoms with Crippen LogP contribution in [0.5, 0.6) is 11.5 Å². The second kappa shape index (κ2) is 6.39. The molecule has 1 aliphatic rings. The lowest BCUT2D eigenvalue weighted by Crippen LogP contribution is -2.15. The van der Waals surface area contributed by atoms with Gasteiger partial charge in [-0.1, -0.05) is 23.7 Å². The normalized spacial score (nSPS) is 14.2. The molecular weight excluding hydrogens is 350 g/mol. The topological polar surface area (TPSA) is 21.3 Å². The highest BCUT2D eigenvalue weighted by Crippen LogP contribution is 2.33. The van der Waals surface area contributed by atoms with Crippen LogP contribution in [-0.2, 0) is 6.54 Å². The molecule has 21 heavy (non-hydrogen) atoms. The molecule has 0 aromatic heterocycles. The zero-order chi connectivity index (χ0) is 14.8. The molecule has 0 amide bonds. The average molecular weight is 367 g/mol. The van der Waals surface area contributed by atoms with E-state index in [1.807, 2.05) is 31.2 Å². The number of rotatable bonds is 5. The minimum absolute atomic E-state index is 0.678. The number of nitrogens with one attached hydrogen (secondary N) is 1. The standard InChI is InChI=1S/C17H17BrClNO/c1-11-2-4-13(19)9-17(11)21-16-7-3-12(8-15(16)18)10-20-14-5-6-14/h2-4,7-9,14,20H,5-6,10H2,1H3. The van der Waals surface area contributed by atoms with Crippen LogP contribution in [0.1, 0.15) is 24.0 Å². The Morgan fingerprint density at radius 3 is 2.71 bits per heavy atom. The molecule has 2 nitrogen and oxygen atoms in total. The van der Waals surface area contributed by atoms with Crippen LogP contribution < -0.4 is 10.1 Å².